The molecule has 1 aromatic carbocycles. The van der Waals surface area contributed by atoms with Crippen molar-refractivity contribution in [3.63, 3.8) is 0 Å². The zero-order valence-corrected chi connectivity index (χ0v) is 12.0. The molecule has 0 spiro atoms. The van der Waals surface area contributed by atoms with E-state index in [-0.39, 0.29) is 0 Å². The molecule has 20 heavy (non-hydrogen) atoms. The normalized spacial score (nSPS) is 11.1. The summed E-state index contributed by atoms with van der Waals surface area (Å²) in [5, 5.41) is 5.44. The van der Waals surface area contributed by atoms with Gasteiger partial charge in [0, 0.05) is 47.6 Å². The van der Waals surface area contributed by atoms with E-state index in [4.69, 9.17) is 11.6 Å². The van der Waals surface area contributed by atoms with Crippen molar-refractivity contribution in [1.29, 1.82) is 0 Å². The van der Waals surface area contributed by atoms with Gasteiger partial charge in [-0.2, -0.15) is 0 Å². The van der Waals surface area contributed by atoms with Gasteiger partial charge in [0.25, 0.3) is 0 Å². The maximum atomic E-state index is 5.99. The van der Waals surface area contributed by atoms with Crippen molar-refractivity contribution >= 4 is 22.5 Å². The van der Waals surface area contributed by atoms with Crippen molar-refractivity contribution in [2.24, 2.45) is 0 Å². The van der Waals surface area contributed by atoms with Gasteiger partial charge in [-0.15, -0.1) is 0 Å². The van der Waals surface area contributed by atoms with E-state index in [9.17, 15) is 0 Å². The fourth-order valence-electron chi connectivity index (χ4n) is 2.34. The Hall–Kier alpha value is -1.84. The molecule has 0 unspecified atom stereocenters. The van der Waals surface area contributed by atoms with Gasteiger partial charge in [0.15, 0.2) is 0 Å². The second-order valence-electron chi connectivity index (χ2n) is 4.91. The number of hydrogen-bond donors (Lipinski definition) is 2. The zero-order valence-electron chi connectivity index (χ0n) is 11.3. The SMILES string of the molecule is Cc1cnccc1CNCc1c[nH]c2cc(Cl)ccc12. The number of H-pyrrole nitrogens is 1. The van der Waals surface area contributed by atoms with Crippen LogP contribution < -0.4 is 5.32 Å². The Morgan fingerprint density at radius 1 is 1.20 bits per heavy atom. The van der Waals surface area contributed by atoms with Crippen LogP contribution >= 0.6 is 11.6 Å². The van der Waals surface area contributed by atoms with Gasteiger partial charge in [0.2, 0.25) is 0 Å². The molecule has 0 fully saturated rings. The van der Waals surface area contributed by atoms with Crippen LogP contribution in [-0.2, 0) is 13.1 Å². The third-order valence-corrected chi connectivity index (χ3v) is 3.73. The number of halogens is 1. The maximum absolute atomic E-state index is 5.99. The summed E-state index contributed by atoms with van der Waals surface area (Å²) >= 11 is 5.99. The quantitative estimate of drug-likeness (QED) is 0.765. The molecule has 0 atom stereocenters. The topological polar surface area (TPSA) is 40.7 Å². The third-order valence-electron chi connectivity index (χ3n) is 3.50. The minimum atomic E-state index is 0.756. The summed E-state index contributed by atoms with van der Waals surface area (Å²) in [5.74, 6) is 0. The average molecular weight is 286 g/mol. The average Bonchev–Trinajstić information content (AvgIpc) is 2.83. The highest BCUT2D eigenvalue weighted by molar-refractivity contribution is 6.31. The molecule has 0 saturated heterocycles. The lowest BCUT2D eigenvalue weighted by atomic mass is 10.1. The van der Waals surface area contributed by atoms with E-state index in [1.54, 1.807) is 0 Å². The molecule has 4 heteroatoms. The van der Waals surface area contributed by atoms with Crippen molar-refractivity contribution in [2.75, 3.05) is 0 Å². The molecular formula is C16H16ClN3. The molecule has 3 rings (SSSR count). The molecule has 0 saturated carbocycles. The van der Waals surface area contributed by atoms with Crippen molar-refractivity contribution in [3.05, 3.63) is 64.6 Å². The van der Waals surface area contributed by atoms with Gasteiger partial charge < -0.3 is 10.3 Å². The minimum Gasteiger partial charge on any atom is -0.361 e. The molecule has 102 valence electrons. The van der Waals surface area contributed by atoms with E-state index in [0.717, 1.165) is 23.6 Å². The molecule has 2 N–H and O–H groups in total. The summed E-state index contributed by atoms with van der Waals surface area (Å²) < 4.78 is 0. The van der Waals surface area contributed by atoms with Crippen molar-refractivity contribution in [1.82, 2.24) is 15.3 Å². The first-order valence-corrected chi connectivity index (χ1v) is 6.97. The molecule has 0 aliphatic carbocycles. The lowest BCUT2D eigenvalue weighted by Crippen LogP contribution is -2.13. The number of aromatic nitrogens is 2. The second-order valence-corrected chi connectivity index (χ2v) is 5.35. The molecule has 2 aromatic heterocycles. The molecule has 0 radical (unpaired) electrons. The van der Waals surface area contributed by atoms with Gasteiger partial charge in [-0.3, -0.25) is 4.98 Å². The third kappa shape index (κ3) is 2.69. The Morgan fingerprint density at radius 2 is 2.05 bits per heavy atom. The Morgan fingerprint density at radius 3 is 2.90 bits per heavy atom. The van der Waals surface area contributed by atoms with E-state index in [1.807, 2.05) is 30.7 Å². The van der Waals surface area contributed by atoms with Crippen LogP contribution in [0.5, 0.6) is 0 Å². The molecule has 3 aromatic rings. The van der Waals surface area contributed by atoms with E-state index in [0.29, 0.717) is 0 Å². The molecule has 3 nitrogen and oxygen atoms in total. The van der Waals surface area contributed by atoms with Gasteiger partial charge in [-0.1, -0.05) is 17.7 Å². The first-order valence-electron chi connectivity index (χ1n) is 6.60. The molecule has 0 bridgehead atoms. The monoisotopic (exact) mass is 285 g/mol. The lowest BCUT2D eigenvalue weighted by molar-refractivity contribution is 0.692. The number of benzene rings is 1. The van der Waals surface area contributed by atoms with Gasteiger partial charge in [0.05, 0.1) is 0 Å². The van der Waals surface area contributed by atoms with Crippen molar-refractivity contribution < 1.29 is 0 Å². The number of nitrogens with one attached hydrogen (secondary N) is 2. The van der Waals surface area contributed by atoms with Gasteiger partial charge >= 0.3 is 0 Å². The number of hydrogen-bond acceptors (Lipinski definition) is 2. The summed E-state index contributed by atoms with van der Waals surface area (Å²) in [4.78, 5) is 7.36. The number of nitrogens with zero attached hydrogens (tertiary/aromatic N) is 1. The number of aryl methyl sites for hydroxylation is 1. The van der Waals surface area contributed by atoms with Crippen molar-refractivity contribution in [3.8, 4) is 0 Å². The Kier molecular flexibility index (Phi) is 3.72. The minimum absolute atomic E-state index is 0.756. The summed E-state index contributed by atoms with van der Waals surface area (Å²) in [6, 6.07) is 7.99. The van der Waals surface area contributed by atoms with E-state index < -0.39 is 0 Å². The first kappa shape index (κ1) is 13.2. The second kappa shape index (κ2) is 5.65. The first-order chi connectivity index (χ1) is 9.74. The number of rotatable bonds is 4. The van der Waals surface area contributed by atoms with Crippen LogP contribution in [0.3, 0.4) is 0 Å². The summed E-state index contributed by atoms with van der Waals surface area (Å²) in [5.41, 5.74) is 4.83. The highest BCUT2D eigenvalue weighted by Crippen LogP contribution is 2.22. The van der Waals surface area contributed by atoms with Gasteiger partial charge in [-0.25, -0.2) is 0 Å². The fourth-order valence-corrected chi connectivity index (χ4v) is 2.51. The van der Waals surface area contributed by atoms with Crippen LogP contribution in [0.4, 0.5) is 0 Å². The number of aromatic amines is 1. The van der Waals surface area contributed by atoms with Gasteiger partial charge in [-0.05, 0) is 41.8 Å². The van der Waals surface area contributed by atoms with Crippen LogP contribution in [-0.4, -0.2) is 9.97 Å². The standard InChI is InChI=1S/C16H16ClN3/c1-11-7-18-5-4-12(11)8-19-9-13-10-20-16-6-14(17)2-3-15(13)16/h2-7,10,19-20H,8-9H2,1H3. The molecule has 2 heterocycles. The molecular weight excluding hydrogens is 270 g/mol. The largest absolute Gasteiger partial charge is 0.361 e. The van der Waals surface area contributed by atoms with Gasteiger partial charge in [0.1, 0.15) is 0 Å². The molecule has 0 aliphatic rings. The van der Waals surface area contributed by atoms with E-state index in [1.165, 1.54) is 22.1 Å². The molecule has 0 amide bonds. The van der Waals surface area contributed by atoms with Crippen LogP contribution in [0, 0.1) is 6.92 Å². The van der Waals surface area contributed by atoms with Crippen molar-refractivity contribution in [2.45, 2.75) is 20.0 Å². The van der Waals surface area contributed by atoms with Crippen LogP contribution in [0.15, 0.2) is 42.9 Å². The van der Waals surface area contributed by atoms with Crippen LogP contribution in [0.1, 0.15) is 16.7 Å². The predicted octanol–water partition coefficient (Wildman–Crippen LogP) is 3.81. The Balaban J connectivity index is 1.70. The van der Waals surface area contributed by atoms with E-state index in [2.05, 4.69) is 34.3 Å². The lowest BCUT2D eigenvalue weighted by Gasteiger charge is -2.06. The van der Waals surface area contributed by atoms with Crippen LogP contribution in [0.25, 0.3) is 10.9 Å². The number of fused-ring (bicyclic) bond motifs is 1. The summed E-state index contributed by atoms with van der Waals surface area (Å²) in [7, 11) is 0. The summed E-state index contributed by atoms with van der Waals surface area (Å²) in [6.07, 6.45) is 5.76. The number of pyridine rings is 1. The van der Waals surface area contributed by atoms with Crippen LogP contribution in [0.2, 0.25) is 5.02 Å². The summed E-state index contributed by atoms with van der Waals surface area (Å²) in [6.45, 7) is 3.75. The Bertz CT molecular complexity index is 733. The fraction of sp³-hybridized carbons (Fsp3) is 0.188. The highest BCUT2D eigenvalue weighted by atomic mass is 35.5. The predicted molar refractivity (Wildman–Crippen MR) is 82.8 cm³/mol. The zero-order chi connectivity index (χ0) is 13.9. The molecule has 0 aliphatic heterocycles. The Labute approximate surface area is 123 Å². The highest BCUT2D eigenvalue weighted by Gasteiger charge is 2.04. The maximum Gasteiger partial charge on any atom is 0.0472 e. The smallest absolute Gasteiger partial charge is 0.0472 e. The van der Waals surface area contributed by atoms with E-state index >= 15 is 0 Å².